The first kappa shape index (κ1) is 25.3. The number of alkyl halides is 1. The molecule has 0 aromatic rings. The van der Waals surface area contributed by atoms with E-state index in [4.69, 9.17) is 11.6 Å². The van der Waals surface area contributed by atoms with Crippen LogP contribution in [0.25, 0.3) is 0 Å². The van der Waals surface area contributed by atoms with Crippen LogP contribution in [0, 0.1) is 11.8 Å². The third kappa shape index (κ3) is 10.0. The van der Waals surface area contributed by atoms with Crippen LogP contribution >= 0.6 is 11.6 Å². The van der Waals surface area contributed by atoms with Crippen LogP contribution in [0.15, 0.2) is 0 Å². The monoisotopic (exact) mass is 398 g/mol. The van der Waals surface area contributed by atoms with Crippen molar-refractivity contribution in [1.29, 1.82) is 0 Å². The number of unbranched alkanes of at least 4 members (excludes halogenated alkanes) is 11. The second kappa shape index (κ2) is 16.1. The van der Waals surface area contributed by atoms with Gasteiger partial charge in [0.25, 0.3) is 0 Å². The highest BCUT2D eigenvalue weighted by Gasteiger charge is 2.41. The summed E-state index contributed by atoms with van der Waals surface area (Å²) in [5, 5.41) is 0. The van der Waals surface area contributed by atoms with Gasteiger partial charge >= 0.3 is 0 Å². The van der Waals surface area contributed by atoms with Crippen molar-refractivity contribution < 1.29 is 0 Å². The van der Waals surface area contributed by atoms with Crippen LogP contribution in [0.3, 0.4) is 0 Å². The van der Waals surface area contributed by atoms with Crippen molar-refractivity contribution in [1.82, 2.24) is 0 Å². The van der Waals surface area contributed by atoms with E-state index in [9.17, 15) is 0 Å². The number of hydrogen-bond acceptors (Lipinski definition) is 0. The van der Waals surface area contributed by atoms with Crippen LogP contribution in [-0.4, -0.2) is 4.87 Å². The van der Waals surface area contributed by atoms with Gasteiger partial charge in [0.15, 0.2) is 0 Å². The number of hydrogen-bond donors (Lipinski definition) is 0. The largest absolute Gasteiger partial charge is 0.119 e. The average molecular weight is 399 g/mol. The lowest BCUT2D eigenvalue weighted by molar-refractivity contribution is 0.184. The van der Waals surface area contributed by atoms with Gasteiger partial charge in [-0.2, -0.15) is 0 Å². The third-order valence-corrected chi connectivity index (χ3v) is 8.29. The molecule has 2 atom stereocenters. The molecule has 0 N–H and O–H groups in total. The van der Waals surface area contributed by atoms with Crippen LogP contribution < -0.4 is 0 Å². The highest BCUT2D eigenvalue weighted by Crippen LogP contribution is 2.47. The van der Waals surface area contributed by atoms with Gasteiger partial charge in [0.2, 0.25) is 0 Å². The zero-order valence-corrected chi connectivity index (χ0v) is 19.9. The molecule has 1 rings (SSSR count). The van der Waals surface area contributed by atoms with E-state index >= 15 is 0 Å². The van der Waals surface area contributed by atoms with Crippen LogP contribution in [0.5, 0.6) is 0 Å². The van der Waals surface area contributed by atoms with E-state index in [1.54, 1.807) is 0 Å². The van der Waals surface area contributed by atoms with Crippen molar-refractivity contribution >= 4 is 11.6 Å². The first-order valence-corrected chi connectivity index (χ1v) is 13.3. The standard InChI is InChI=1S/C26H51Cl/c1-4-7-8-9-10-11-12-13-14-15-16-18-21-24(5-2)26(27,6-3)25-22-19-17-20-23-25/h24-25H,4-23H2,1-3H3. The maximum Gasteiger partial charge on any atom is 0.0500 e. The van der Waals surface area contributed by atoms with E-state index in [-0.39, 0.29) is 4.87 Å². The summed E-state index contributed by atoms with van der Waals surface area (Å²) in [4.78, 5) is 0.0902. The summed E-state index contributed by atoms with van der Waals surface area (Å²) >= 11 is 7.31. The molecular formula is C26H51Cl. The van der Waals surface area contributed by atoms with Gasteiger partial charge in [-0.3, -0.25) is 0 Å². The Morgan fingerprint density at radius 2 is 1.19 bits per heavy atom. The second-order valence-electron chi connectivity index (χ2n) is 9.40. The molecule has 0 radical (unpaired) electrons. The molecule has 1 aliphatic rings. The van der Waals surface area contributed by atoms with Crippen LogP contribution in [-0.2, 0) is 0 Å². The minimum Gasteiger partial charge on any atom is -0.119 e. The molecular weight excluding hydrogens is 348 g/mol. The van der Waals surface area contributed by atoms with Crippen molar-refractivity contribution in [2.45, 2.75) is 154 Å². The second-order valence-corrected chi connectivity index (χ2v) is 10.1. The van der Waals surface area contributed by atoms with E-state index in [0.717, 1.165) is 18.3 Å². The van der Waals surface area contributed by atoms with Gasteiger partial charge < -0.3 is 0 Å². The molecule has 0 heterocycles. The van der Waals surface area contributed by atoms with E-state index in [2.05, 4.69) is 20.8 Å². The number of halogens is 1. The molecule has 0 saturated heterocycles. The predicted octanol–water partition coefficient (Wildman–Crippen LogP) is 10.1. The van der Waals surface area contributed by atoms with Gasteiger partial charge in [-0.05, 0) is 37.5 Å². The van der Waals surface area contributed by atoms with Gasteiger partial charge in [0.05, 0.1) is 0 Å². The Labute approximate surface area is 177 Å². The Morgan fingerprint density at radius 3 is 1.63 bits per heavy atom. The smallest absolute Gasteiger partial charge is 0.0500 e. The molecule has 1 heteroatoms. The van der Waals surface area contributed by atoms with Crippen molar-refractivity contribution in [3.63, 3.8) is 0 Å². The van der Waals surface area contributed by atoms with Gasteiger partial charge in [0, 0.05) is 4.87 Å². The predicted molar refractivity (Wildman–Crippen MR) is 125 cm³/mol. The molecule has 0 amide bonds. The topological polar surface area (TPSA) is 0 Å². The highest BCUT2D eigenvalue weighted by atomic mass is 35.5. The van der Waals surface area contributed by atoms with Gasteiger partial charge in [-0.25, -0.2) is 0 Å². The Balaban J connectivity index is 2.10. The fourth-order valence-corrected chi connectivity index (χ4v) is 5.99. The third-order valence-electron chi connectivity index (χ3n) is 7.40. The summed E-state index contributed by atoms with van der Waals surface area (Å²) < 4.78 is 0. The first-order valence-electron chi connectivity index (χ1n) is 12.9. The minimum atomic E-state index is 0.0902. The first-order chi connectivity index (χ1) is 13.2. The fourth-order valence-electron chi connectivity index (χ4n) is 5.51. The Hall–Kier alpha value is 0.290. The lowest BCUT2D eigenvalue weighted by atomic mass is 9.70. The van der Waals surface area contributed by atoms with Gasteiger partial charge in [-0.15, -0.1) is 11.6 Å². The van der Waals surface area contributed by atoms with E-state index in [0.29, 0.717) is 0 Å². The SMILES string of the molecule is CCCCCCCCCCCCCCC(CC)C(Cl)(CC)C1CCCCC1. The molecule has 0 nitrogen and oxygen atoms in total. The molecule has 0 aliphatic heterocycles. The molecule has 2 unspecified atom stereocenters. The zero-order valence-electron chi connectivity index (χ0n) is 19.2. The molecule has 1 fully saturated rings. The maximum absolute atomic E-state index is 7.31. The quantitative estimate of drug-likeness (QED) is 0.169. The molecule has 1 saturated carbocycles. The summed E-state index contributed by atoms with van der Waals surface area (Å²) in [5.74, 6) is 1.51. The Kier molecular flexibility index (Phi) is 15.1. The summed E-state index contributed by atoms with van der Waals surface area (Å²) in [6, 6.07) is 0. The van der Waals surface area contributed by atoms with Crippen molar-refractivity contribution in [2.75, 3.05) is 0 Å². The molecule has 27 heavy (non-hydrogen) atoms. The fraction of sp³-hybridized carbons (Fsp3) is 1.00. The van der Waals surface area contributed by atoms with Crippen LogP contribution in [0.4, 0.5) is 0 Å². The highest BCUT2D eigenvalue weighted by molar-refractivity contribution is 6.24. The molecule has 0 aromatic heterocycles. The maximum atomic E-state index is 7.31. The summed E-state index contributed by atoms with van der Waals surface area (Å²) in [5.41, 5.74) is 0. The van der Waals surface area contributed by atoms with E-state index in [1.807, 2.05) is 0 Å². The Morgan fingerprint density at radius 1 is 0.704 bits per heavy atom. The van der Waals surface area contributed by atoms with Gasteiger partial charge in [0.1, 0.15) is 0 Å². The normalized spacial score (nSPS) is 19.1. The minimum absolute atomic E-state index is 0.0902. The Bertz CT molecular complexity index is 320. The summed E-state index contributed by atoms with van der Waals surface area (Å²) in [6.45, 7) is 7.02. The van der Waals surface area contributed by atoms with Crippen LogP contribution in [0.1, 0.15) is 149 Å². The molecule has 0 bridgehead atoms. The van der Waals surface area contributed by atoms with E-state index < -0.39 is 0 Å². The number of rotatable bonds is 17. The zero-order chi connectivity index (χ0) is 19.8. The van der Waals surface area contributed by atoms with Crippen molar-refractivity contribution in [3.8, 4) is 0 Å². The lowest BCUT2D eigenvalue weighted by Gasteiger charge is -2.43. The van der Waals surface area contributed by atoms with Gasteiger partial charge in [-0.1, -0.05) is 124 Å². The van der Waals surface area contributed by atoms with Crippen molar-refractivity contribution in [2.24, 2.45) is 11.8 Å². The summed E-state index contributed by atoms with van der Waals surface area (Å²) in [6.07, 6.45) is 28.1. The van der Waals surface area contributed by atoms with Crippen LogP contribution in [0.2, 0.25) is 0 Å². The molecule has 162 valence electrons. The van der Waals surface area contributed by atoms with Crippen molar-refractivity contribution in [3.05, 3.63) is 0 Å². The average Bonchev–Trinajstić information content (AvgIpc) is 2.71. The molecule has 1 aliphatic carbocycles. The summed E-state index contributed by atoms with van der Waals surface area (Å²) in [7, 11) is 0. The molecule has 0 aromatic carbocycles. The van der Waals surface area contributed by atoms with E-state index in [1.165, 1.54) is 122 Å². The molecule has 0 spiro atoms. The lowest BCUT2D eigenvalue weighted by Crippen LogP contribution is -2.40.